The quantitative estimate of drug-likeness (QED) is 0.814. The number of aryl methyl sites for hydroxylation is 1. The second-order valence-corrected chi connectivity index (χ2v) is 7.51. The molecule has 0 unspecified atom stereocenters. The van der Waals surface area contributed by atoms with Gasteiger partial charge in [0.05, 0.1) is 10.6 Å². The molecule has 0 atom stereocenters. The van der Waals surface area contributed by atoms with Gasteiger partial charge in [0.15, 0.2) is 9.84 Å². The fourth-order valence-corrected chi connectivity index (χ4v) is 4.13. The molecule has 0 aliphatic carbocycles. The van der Waals surface area contributed by atoms with Crippen molar-refractivity contribution in [3.05, 3.63) is 39.3 Å². The maximum Gasteiger partial charge on any atom is 0.260 e. The number of nitrogens with zero attached hydrogens (tertiary/aromatic N) is 1. The Morgan fingerprint density at radius 2 is 2.32 bits per heavy atom. The van der Waals surface area contributed by atoms with E-state index in [0.29, 0.717) is 10.7 Å². The molecular weight excluding hydrogens is 350 g/mol. The van der Waals surface area contributed by atoms with E-state index in [4.69, 9.17) is 21.9 Å². The number of anilines is 1. The van der Waals surface area contributed by atoms with Crippen LogP contribution in [-0.4, -0.2) is 25.2 Å². The number of carbonyl (C=O) groups is 1. The summed E-state index contributed by atoms with van der Waals surface area (Å²) in [7, 11) is -3.65. The van der Waals surface area contributed by atoms with Crippen LogP contribution < -0.4 is 11.1 Å². The number of nitrogens with one attached hydrogen (secondary N) is 1. The Morgan fingerprint density at radius 1 is 1.59 bits per heavy atom. The van der Waals surface area contributed by atoms with Gasteiger partial charge in [0.25, 0.3) is 5.91 Å². The third-order valence-corrected chi connectivity index (χ3v) is 5.77. The topological polar surface area (TPSA) is 115 Å². The monoisotopic (exact) mass is 361 g/mol. The molecule has 2 heterocycles. The largest absolute Gasteiger partial charge is 0.365 e. The summed E-state index contributed by atoms with van der Waals surface area (Å²) in [6.45, 7) is 1.67. The van der Waals surface area contributed by atoms with Gasteiger partial charge in [-0.3, -0.25) is 4.79 Å². The highest BCUT2D eigenvalue weighted by Gasteiger charge is 2.21. The van der Waals surface area contributed by atoms with Crippen molar-refractivity contribution in [2.45, 2.75) is 11.8 Å². The molecule has 3 N–H and O–H groups in total. The molecule has 0 bridgehead atoms. The molecule has 0 saturated heterocycles. The molecule has 0 aliphatic heterocycles. The van der Waals surface area contributed by atoms with Crippen LogP contribution in [0.2, 0.25) is 5.02 Å². The number of primary amides is 1. The second-order valence-electron chi connectivity index (χ2n) is 4.22. The Hall–Kier alpha value is -1.84. The number of amides is 1. The van der Waals surface area contributed by atoms with E-state index in [2.05, 4.69) is 10.5 Å². The van der Waals surface area contributed by atoms with Crippen molar-refractivity contribution >= 4 is 44.6 Å². The van der Waals surface area contributed by atoms with E-state index in [1.807, 2.05) is 0 Å². The minimum absolute atomic E-state index is 0.0234. The molecule has 0 spiro atoms. The molecule has 0 aromatic carbocycles. The zero-order valence-electron chi connectivity index (χ0n) is 11.4. The number of carbonyl (C=O) groups excluding carboxylic acids is 1. The fraction of sp³-hybridized carbons (Fsp3) is 0.167. The summed E-state index contributed by atoms with van der Waals surface area (Å²) >= 11 is 6.88. The molecule has 0 radical (unpaired) electrons. The summed E-state index contributed by atoms with van der Waals surface area (Å²) in [5.41, 5.74) is 5.67. The molecule has 7 nitrogen and oxygen atoms in total. The number of thiophene rings is 1. The van der Waals surface area contributed by atoms with E-state index in [1.54, 1.807) is 6.92 Å². The predicted molar refractivity (Wildman–Crippen MR) is 83.9 cm³/mol. The zero-order chi connectivity index (χ0) is 16.3. The van der Waals surface area contributed by atoms with E-state index >= 15 is 0 Å². The molecule has 1 amide bonds. The van der Waals surface area contributed by atoms with E-state index < -0.39 is 15.7 Å². The summed E-state index contributed by atoms with van der Waals surface area (Å²) in [5, 5.41) is 8.16. The van der Waals surface area contributed by atoms with Gasteiger partial charge >= 0.3 is 0 Å². The lowest BCUT2D eigenvalue weighted by atomic mass is 10.4. The molecule has 118 valence electrons. The minimum Gasteiger partial charge on any atom is -0.365 e. The highest BCUT2D eigenvalue weighted by atomic mass is 35.5. The summed E-state index contributed by atoms with van der Waals surface area (Å²) in [4.78, 5) is 11.1. The van der Waals surface area contributed by atoms with Crippen LogP contribution in [-0.2, 0) is 9.84 Å². The smallest absolute Gasteiger partial charge is 0.260 e. The summed E-state index contributed by atoms with van der Waals surface area (Å²) in [6.07, 6.45) is 2.74. The Balaban J connectivity index is 2.07. The molecule has 10 heteroatoms. The molecular formula is C12H12ClN3O4S2. The van der Waals surface area contributed by atoms with Crippen LogP contribution in [0.15, 0.2) is 33.1 Å². The Labute approximate surface area is 135 Å². The SMILES string of the molecule is Cc1noc(NC=CCS(=O)(=O)c2ccsc2C(N)=O)c1Cl. The molecule has 22 heavy (non-hydrogen) atoms. The van der Waals surface area contributed by atoms with Crippen LogP contribution in [0.25, 0.3) is 0 Å². The molecule has 2 aromatic heterocycles. The number of hydrogen-bond acceptors (Lipinski definition) is 7. The van der Waals surface area contributed by atoms with Gasteiger partial charge in [0.1, 0.15) is 15.6 Å². The van der Waals surface area contributed by atoms with Crippen LogP contribution in [0.4, 0.5) is 5.88 Å². The van der Waals surface area contributed by atoms with Crippen LogP contribution in [0.5, 0.6) is 0 Å². The maximum absolute atomic E-state index is 12.2. The average Bonchev–Trinajstić information content (AvgIpc) is 3.05. The van der Waals surface area contributed by atoms with Gasteiger partial charge in [0, 0.05) is 6.20 Å². The Morgan fingerprint density at radius 3 is 2.91 bits per heavy atom. The normalized spacial score (nSPS) is 11.9. The Kier molecular flexibility index (Phi) is 4.89. The number of sulfone groups is 1. The van der Waals surface area contributed by atoms with E-state index in [9.17, 15) is 13.2 Å². The van der Waals surface area contributed by atoms with Gasteiger partial charge in [-0.2, -0.15) is 0 Å². The summed E-state index contributed by atoms with van der Waals surface area (Å²) in [5.74, 6) is -0.845. The summed E-state index contributed by atoms with van der Waals surface area (Å²) in [6, 6.07) is 1.36. The van der Waals surface area contributed by atoms with Crippen LogP contribution in [0.1, 0.15) is 15.4 Å². The van der Waals surface area contributed by atoms with Gasteiger partial charge in [-0.15, -0.1) is 11.3 Å². The summed E-state index contributed by atoms with van der Waals surface area (Å²) < 4.78 is 29.2. The van der Waals surface area contributed by atoms with E-state index in [-0.39, 0.29) is 21.4 Å². The fourth-order valence-electron chi connectivity index (χ4n) is 1.57. The van der Waals surface area contributed by atoms with Crippen molar-refractivity contribution < 1.29 is 17.7 Å². The lowest BCUT2D eigenvalue weighted by Gasteiger charge is -2.01. The number of aromatic nitrogens is 1. The first kappa shape index (κ1) is 16.5. The van der Waals surface area contributed by atoms with Gasteiger partial charge in [-0.05, 0) is 18.4 Å². The average molecular weight is 362 g/mol. The standard InChI is InChI=1S/C12H12ClN3O4S2/c1-7-9(13)12(20-16-7)15-4-2-6-22(18,19)8-3-5-21-10(8)11(14)17/h2-5,15H,6H2,1H3,(H2,14,17). The maximum atomic E-state index is 12.2. The number of nitrogens with two attached hydrogens (primary N) is 1. The lowest BCUT2D eigenvalue weighted by Crippen LogP contribution is -2.14. The first-order chi connectivity index (χ1) is 10.3. The Bertz CT molecular complexity index is 823. The third-order valence-electron chi connectivity index (χ3n) is 2.63. The van der Waals surface area contributed by atoms with Crippen molar-refractivity contribution in [1.82, 2.24) is 5.16 Å². The van der Waals surface area contributed by atoms with Crippen LogP contribution in [0.3, 0.4) is 0 Å². The number of halogens is 1. The van der Waals surface area contributed by atoms with E-state index in [1.165, 1.54) is 23.7 Å². The van der Waals surface area contributed by atoms with Gasteiger partial charge < -0.3 is 15.6 Å². The van der Waals surface area contributed by atoms with Crippen LogP contribution >= 0.6 is 22.9 Å². The minimum atomic E-state index is -3.65. The van der Waals surface area contributed by atoms with Gasteiger partial charge in [-0.25, -0.2) is 8.42 Å². The van der Waals surface area contributed by atoms with Crippen molar-refractivity contribution in [2.24, 2.45) is 5.73 Å². The van der Waals surface area contributed by atoms with Gasteiger partial charge in [-0.1, -0.05) is 22.8 Å². The zero-order valence-corrected chi connectivity index (χ0v) is 13.8. The first-order valence-electron chi connectivity index (χ1n) is 5.96. The second kappa shape index (κ2) is 6.51. The molecule has 2 aromatic rings. The first-order valence-corrected chi connectivity index (χ1v) is 8.87. The van der Waals surface area contributed by atoms with Crippen molar-refractivity contribution in [3.8, 4) is 0 Å². The number of hydrogen-bond donors (Lipinski definition) is 2. The van der Waals surface area contributed by atoms with Crippen molar-refractivity contribution in [2.75, 3.05) is 11.1 Å². The predicted octanol–water partition coefficient (Wildman–Crippen LogP) is 2.20. The molecule has 2 rings (SSSR count). The van der Waals surface area contributed by atoms with Crippen molar-refractivity contribution in [1.29, 1.82) is 0 Å². The highest BCUT2D eigenvalue weighted by molar-refractivity contribution is 7.91. The third kappa shape index (κ3) is 3.49. The van der Waals surface area contributed by atoms with E-state index in [0.717, 1.165) is 11.3 Å². The van der Waals surface area contributed by atoms with Gasteiger partial charge in [0.2, 0.25) is 5.88 Å². The lowest BCUT2D eigenvalue weighted by molar-refractivity contribution is 0.100. The van der Waals surface area contributed by atoms with Crippen molar-refractivity contribution in [3.63, 3.8) is 0 Å². The molecule has 0 fully saturated rings. The number of rotatable bonds is 6. The highest BCUT2D eigenvalue weighted by Crippen LogP contribution is 2.25. The molecule has 0 aliphatic rings. The molecule has 0 saturated carbocycles. The van der Waals surface area contributed by atoms with Crippen LogP contribution in [0, 0.1) is 6.92 Å².